The van der Waals surface area contributed by atoms with Crippen molar-refractivity contribution in [2.75, 3.05) is 4.72 Å². The van der Waals surface area contributed by atoms with Crippen LogP contribution < -0.4 is 4.72 Å². The predicted octanol–water partition coefficient (Wildman–Crippen LogP) is 3.04. The molecule has 11 heteroatoms. The van der Waals surface area contributed by atoms with Gasteiger partial charge in [0.2, 0.25) is 5.03 Å². The minimum absolute atomic E-state index is 0.0483. The van der Waals surface area contributed by atoms with Crippen molar-refractivity contribution < 1.29 is 26.2 Å². The fraction of sp³-hybridized carbons (Fsp3) is 0.273. The number of anilines is 1. The Bertz CT molecular complexity index is 742. The number of rotatable bonds is 5. The molecule has 0 aliphatic rings. The van der Waals surface area contributed by atoms with Gasteiger partial charge >= 0.3 is 5.51 Å². The summed E-state index contributed by atoms with van der Waals surface area (Å²) in [7, 11) is -4.01. The van der Waals surface area contributed by atoms with Gasteiger partial charge in [-0.1, -0.05) is 12.1 Å². The fourth-order valence-electron chi connectivity index (χ4n) is 1.55. The summed E-state index contributed by atoms with van der Waals surface area (Å²) in [6, 6.07) is 4.78. The van der Waals surface area contributed by atoms with Gasteiger partial charge in [-0.25, -0.2) is 4.63 Å². The molecular formula is C11H10F3N3O3S2. The summed E-state index contributed by atoms with van der Waals surface area (Å²) < 4.78 is 67.4. The van der Waals surface area contributed by atoms with Crippen molar-refractivity contribution in [1.29, 1.82) is 0 Å². The van der Waals surface area contributed by atoms with Crippen LogP contribution in [0.25, 0.3) is 0 Å². The third-order valence-electron chi connectivity index (χ3n) is 2.45. The van der Waals surface area contributed by atoms with Crippen LogP contribution in [0, 0.1) is 0 Å². The average molecular weight is 353 g/mol. The standard InChI is InChI=1S/C11H10F3N3O3S2/c1-2-9-10(16-20-15-9)22(18,19)17-7-3-5-8(6-4-7)21-11(12,13)14/h3-6,17H,2H2,1H3. The average Bonchev–Trinajstić information content (AvgIpc) is 2.88. The highest BCUT2D eigenvalue weighted by molar-refractivity contribution is 8.00. The van der Waals surface area contributed by atoms with Crippen molar-refractivity contribution in [1.82, 2.24) is 10.3 Å². The van der Waals surface area contributed by atoms with Crippen LogP contribution in [0.4, 0.5) is 18.9 Å². The lowest BCUT2D eigenvalue weighted by Crippen LogP contribution is -2.15. The summed E-state index contributed by atoms with van der Waals surface area (Å²) >= 11 is -0.283. The number of sulfonamides is 1. The van der Waals surface area contributed by atoms with E-state index in [1.54, 1.807) is 6.92 Å². The van der Waals surface area contributed by atoms with Crippen molar-refractivity contribution in [2.45, 2.75) is 28.8 Å². The van der Waals surface area contributed by atoms with E-state index in [0.29, 0.717) is 6.42 Å². The Morgan fingerprint density at radius 1 is 1.23 bits per heavy atom. The molecule has 0 radical (unpaired) electrons. The molecule has 0 aliphatic carbocycles. The van der Waals surface area contributed by atoms with Gasteiger partial charge in [0.1, 0.15) is 5.69 Å². The molecule has 0 spiro atoms. The molecule has 2 rings (SSSR count). The topological polar surface area (TPSA) is 85.1 Å². The van der Waals surface area contributed by atoms with E-state index in [4.69, 9.17) is 0 Å². The summed E-state index contributed by atoms with van der Waals surface area (Å²) in [6.45, 7) is 1.68. The minimum atomic E-state index is -4.40. The van der Waals surface area contributed by atoms with Crippen LogP contribution in [-0.4, -0.2) is 24.2 Å². The van der Waals surface area contributed by atoms with E-state index in [0.717, 1.165) is 12.1 Å². The fourth-order valence-corrected chi connectivity index (χ4v) is 3.25. The molecule has 1 aromatic heterocycles. The Balaban J connectivity index is 2.17. The van der Waals surface area contributed by atoms with Gasteiger partial charge in [0.15, 0.2) is 0 Å². The maximum Gasteiger partial charge on any atom is 0.446 e. The lowest BCUT2D eigenvalue weighted by atomic mass is 10.3. The van der Waals surface area contributed by atoms with E-state index < -0.39 is 15.5 Å². The third-order valence-corrected chi connectivity index (χ3v) is 4.51. The highest BCUT2D eigenvalue weighted by atomic mass is 32.2. The number of aromatic nitrogens is 2. The number of thioether (sulfide) groups is 1. The molecular weight excluding hydrogens is 343 g/mol. The van der Waals surface area contributed by atoms with E-state index in [2.05, 4.69) is 19.7 Å². The maximum absolute atomic E-state index is 12.2. The third kappa shape index (κ3) is 4.13. The lowest BCUT2D eigenvalue weighted by molar-refractivity contribution is -0.0328. The summed E-state index contributed by atoms with van der Waals surface area (Å²) in [5.41, 5.74) is -4.13. The van der Waals surface area contributed by atoms with Crippen LogP contribution in [0.5, 0.6) is 0 Å². The van der Waals surface area contributed by atoms with E-state index in [1.165, 1.54) is 12.1 Å². The molecule has 0 aliphatic heterocycles. The number of aryl methyl sites for hydroxylation is 1. The van der Waals surface area contributed by atoms with E-state index in [-0.39, 0.29) is 33.1 Å². The van der Waals surface area contributed by atoms with Gasteiger partial charge in [-0.15, -0.1) is 0 Å². The van der Waals surface area contributed by atoms with Crippen molar-refractivity contribution in [3.8, 4) is 0 Å². The Labute approximate surface area is 128 Å². The number of hydrogen-bond donors (Lipinski definition) is 1. The molecule has 0 amide bonds. The second-order valence-electron chi connectivity index (χ2n) is 4.05. The lowest BCUT2D eigenvalue weighted by Gasteiger charge is -2.08. The van der Waals surface area contributed by atoms with E-state index >= 15 is 0 Å². The highest BCUT2D eigenvalue weighted by Crippen LogP contribution is 2.37. The van der Waals surface area contributed by atoms with Crippen LogP contribution in [0.3, 0.4) is 0 Å². The molecule has 0 bridgehead atoms. The van der Waals surface area contributed by atoms with Crippen molar-refractivity contribution in [3.05, 3.63) is 30.0 Å². The van der Waals surface area contributed by atoms with Gasteiger partial charge in [0.05, 0.1) is 0 Å². The molecule has 0 unspecified atom stereocenters. The van der Waals surface area contributed by atoms with Gasteiger partial charge in [-0.3, -0.25) is 4.72 Å². The van der Waals surface area contributed by atoms with Gasteiger partial charge in [-0.2, -0.15) is 21.6 Å². The molecule has 1 N–H and O–H groups in total. The second kappa shape index (κ2) is 6.16. The zero-order chi connectivity index (χ0) is 16.4. The van der Waals surface area contributed by atoms with E-state index in [9.17, 15) is 21.6 Å². The molecule has 1 aromatic carbocycles. The molecule has 0 saturated carbocycles. The Hall–Kier alpha value is -1.75. The predicted molar refractivity (Wildman–Crippen MR) is 72.8 cm³/mol. The number of alkyl halides is 3. The van der Waals surface area contributed by atoms with Gasteiger partial charge in [-0.05, 0) is 47.6 Å². The maximum atomic E-state index is 12.2. The minimum Gasteiger partial charge on any atom is -0.278 e. The summed E-state index contributed by atoms with van der Waals surface area (Å²) in [5.74, 6) is 0. The highest BCUT2D eigenvalue weighted by Gasteiger charge is 2.29. The van der Waals surface area contributed by atoms with Crippen LogP contribution in [0.1, 0.15) is 12.6 Å². The Morgan fingerprint density at radius 2 is 1.86 bits per heavy atom. The Morgan fingerprint density at radius 3 is 2.41 bits per heavy atom. The smallest absolute Gasteiger partial charge is 0.278 e. The number of halogens is 3. The largest absolute Gasteiger partial charge is 0.446 e. The van der Waals surface area contributed by atoms with Crippen LogP contribution in [0.2, 0.25) is 0 Å². The van der Waals surface area contributed by atoms with Crippen molar-refractivity contribution >= 4 is 27.5 Å². The molecule has 6 nitrogen and oxygen atoms in total. The normalized spacial score (nSPS) is 12.4. The van der Waals surface area contributed by atoms with Gasteiger partial charge < -0.3 is 0 Å². The summed E-state index contributed by atoms with van der Waals surface area (Å²) in [6.07, 6.45) is 0.306. The number of hydrogen-bond acceptors (Lipinski definition) is 6. The molecule has 0 saturated heterocycles. The molecule has 22 heavy (non-hydrogen) atoms. The second-order valence-corrected chi connectivity index (χ2v) is 6.78. The van der Waals surface area contributed by atoms with Crippen LogP contribution in [0.15, 0.2) is 38.8 Å². The van der Waals surface area contributed by atoms with Crippen LogP contribution >= 0.6 is 11.8 Å². The first-order valence-corrected chi connectivity index (χ1v) is 8.21. The first kappa shape index (κ1) is 16.6. The number of nitrogens with zero attached hydrogens (tertiary/aromatic N) is 2. The monoisotopic (exact) mass is 353 g/mol. The van der Waals surface area contributed by atoms with Gasteiger partial charge in [0.25, 0.3) is 10.0 Å². The molecule has 0 atom stereocenters. The van der Waals surface area contributed by atoms with Crippen molar-refractivity contribution in [2.24, 2.45) is 0 Å². The van der Waals surface area contributed by atoms with Crippen LogP contribution in [-0.2, 0) is 16.4 Å². The Kier molecular flexibility index (Phi) is 4.66. The number of nitrogens with one attached hydrogen (secondary N) is 1. The number of benzene rings is 1. The molecule has 1 heterocycles. The first-order valence-electron chi connectivity index (χ1n) is 5.91. The molecule has 120 valence electrons. The first-order chi connectivity index (χ1) is 10.2. The van der Waals surface area contributed by atoms with E-state index in [1.807, 2.05) is 0 Å². The molecule has 0 fully saturated rings. The molecule has 2 aromatic rings. The van der Waals surface area contributed by atoms with Crippen molar-refractivity contribution in [3.63, 3.8) is 0 Å². The summed E-state index contributed by atoms with van der Waals surface area (Å²) in [4.78, 5) is -0.0483. The zero-order valence-electron chi connectivity index (χ0n) is 11.1. The SMILES string of the molecule is CCc1nonc1S(=O)(=O)Nc1ccc(SC(F)(F)F)cc1. The zero-order valence-corrected chi connectivity index (χ0v) is 12.7. The quantitative estimate of drug-likeness (QED) is 0.832. The summed E-state index contributed by atoms with van der Waals surface area (Å²) in [5, 5.41) is 6.45. The van der Waals surface area contributed by atoms with Gasteiger partial charge in [0, 0.05) is 10.6 Å².